The van der Waals surface area contributed by atoms with Crippen molar-refractivity contribution in [3.63, 3.8) is 0 Å². The van der Waals surface area contributed by atoms with Gasteiger partial charge in [-0.3, -0.25) is 14.9 Å². The lowest BCUT2D eigenvalue weighted by Gasteiger charge is -2.15. The van der Waals surface area contributed by atoms with Crippen LogP contribution < -0.4 is 15.0 Å². The van der Waals surface area contributed by atoms with Gasteiger partial charge < -0.3 is 9.64 Å². The van der Waals surface area contributed by atoms with Crippen molar-refractivity contribution in [2.24, 2.45) is 0 Å². The first-order valence-corrected chi connectivity index (χ1v) is 11.4. The molecule has 2 heterocycles. The number of anilines is 2. The molecule has 1 fully saturated rings. The molecule has 1 aliphatic rings. The maximum Gasteiger partial charge on any atom is 0.261 e. The summed E-state index contributed by atoms with van der Waals surface area (Å²) in [6.45, 7) is 0.551. The number of methoxy groups -OCH3 is 1. The lowest BCUT2D eigenvalue weighted by atomic mass is 10.1. The van der Waals surface area contributed by atoms with Crippen LogP contribution in [0.15, 0.2) is 53.4 Å². The molecule has 3 aromatic rings. The SMILES string of the molecule is COc1cc(SC)ccc1C(=O)Nc1nnc([C@@H]2CC(=O)N(c3ccccc3)C2)s1. The number of nitrogens with zero attached hydrogens (tertiary/aromatic N) is 3. The average molecular weight is 441 g/mol. The molecule has 0 unspecified atom stereocenters. The molecule has 0 radical (unpaired) electrons. The van der Waals surface area contributed by atoms with E-state index in [0.29, 0.717) is 29.4 Å². The maximum absolute atomic E-state index is 12.7. The summed E-state index contributed by atoms with van der Waals surface area (Å²) in [4.78, 5) is 27.9. The third kappa shape index (κ3) is 4.17. The molecule has 2 aromatic carbocycles. The zero-order valence-corrected chi connectivity index (χ0v) is 18.1. The zero-order valence-electron chi connectivity index (χ0n) is 16.5. The van der Waals surface area contributed by atoms with E-state index in [2.05, 4.69) is 15.5 Å². The molecule has 4 rings (SSSR count). The summed E-state index contributed by atoms with van der Waals surface area (Å²) < 4.78 is 5.35. The number of carbonyl (C=O) groups is 2. The number of rotatable bonds is 6. The molecular formula is C21H20N4O3S2. The molecule has 0 saturated carbocycles. The largest absolute Gasteiger partial charge is 0.496 e. The number of ether oxygens (including phenoxy) is 1. The summed E-state index contributed by atoms with van der Waals surface area (Å²) in [5, 5.41) is 12.2. The van der Waals surface area contributed by atoms with Crippen LogP contribution in [0.4, 0.5) is 10.8 Å². The van der Waals surface area contributed by atoms with Crippen LogP contribution >= 0.6 is 23.1 Å². The second-order valence-electron chi connectivity index (χ2n) is 6.71. The first-order chi connectivity index (χ1) is 14.6. The predicted octanol–water partition coefficient (Wildman–Crippen LogP) is 4.04. The summed E-state index contributed by atoms with van der Waals surface area (Å²) >= 11 is 2.87. The summed E-state index contributed by atoms with van der Waals surface area (Å²) in [5.74, 6) is 0.210. The summed E-state index contributed by atoms with van der Waals surface area (Å²) in [6.07, 6.45) is 2.34. The van der Waals surface area contributed by atoms with Crippen molar-refractivity contribution in [1.82, 2.24) is 10.2 Å². The van der Waals surface area contributed by atoms with Crippen molar-refractivity contribution in [3.05, 3.63) is 59.1 Å². The Morgan fingerprint density at radius 1 is 1.23 bits per heavy atom. The fraction of sp³-hybridized carbons (Fsp3) is 0.238. The monoisotopic (exact) mass is 440 g/mol. The zero-order chi connectivity index (χ0) is 21.1. The molecular weight excluding hydrogens is 420 g/mol. The van der Waals surface area contributed by atoms with E-state index in [4.69, 9.17) is 4.74 Å². The van der Waals surface area contributed by atoms with Gasteiger partial charge in [0.2, 0.25) is 11.0 Å². The van der Waals surface area contributed by atoms with Crippen LogP contribution in [-0.4, -0.2) is 41.9 Å². The standard InChI is InChI=1S/C21H20N4O3S2/c1-28-17-11-15(29-2)8-9-16(17)19(27)22-21-24-23-20(30-21)13-10-18(26)25(12-13)14-6-4-3-5-7-14/h3-9,11,13H,10,12H2,1-2H3,(H,22,24,27)/t13-/m1/s1. The van der Waals surface area contributed by atoms with Crippen LogP contribution in [0.1, 0.15) is 27.7 Å². The lowest BCUT2D eigenvalue weighted by Crippen LogP contribution is -2.24. The van der Waals surface area contributed by atoms with Crippen molar-refractivity contribution in [1.29, 1.82) is 0 Å². The lowest BCUT2D eigenvalue weighted by molar-refractivity contribution is -0.117. The average Bonchev–Trinajstić information content (AvgIpc) is 3.40. The second-order valence-corrected chi connectivity index (χ2v) is 8.60. The third-order valence-corrected chi connectivity index (χ3v) is 6.58. The molecule has 0 spiro atoms. The van der Waals surface area contributed by atoms with E-state index in [1.807, 2.05) is 48.7 Å². The Labute approximate surface area is 182 Å². The first-order valence-electron chi connectivity index (χ1n) is 9.31. The Morgan fingerprint density at radius 2 is 2.03 bits per heavy atom. The van der Waals surface area contributed by atoms with Crippen LogP contribution in [-0.2, 0) is 4.79 Å². The molecule has 0 bridgehead atoms. The van der Waals surface area contributed by atoms with Crippen LogP contribution in [0.5, 0.6) is 5.75 Å². The third-order valence-electron chi connectivity index (χ3n) is 4.86. The van der Waals surface area contributed by atoms with Gasteiger partial charge in [-0.15, -0.1) is 22.0 Å². The highest BCUT2D eigenvalue weighted by Crippen LogP contribution is 2.34. The van der Waals surface area contributed by atoms with Crippen molar-refractivity contribution >= 4 is 45.7 Å². The number of carbonyl (C=O) groups excluding carboxylic acids is 2. The van der Waals surface area contributed by atoms with E-state index in [9.17, 15) is 9.59 Å². The van der Waals surface area contributed by atoms with Crippen molar-refractivity contribution in [2.75, 3.05) is 30.1 Å². The van der Waals surface area contributed by atoms with Gasteiger partial charge in [0, 0.05) is 29.5 Å². The summed E-state index contributed by atoms with van der Waals surface area (Å²) in [6, 6.07) is 15.0. The Balaban J connectivity index is 1.46. The van der Waals surface area contributed by atoms with Crippen LogP contribution in [0, 0.1) is 0 Å². The van der Waals surface area contributed by atoms with Gasteiger partial charge in [0.05, 0.1) is 12.7 Å². The number of para-hydroxylation sites is 1. The number of hydrogen-bond donors (Lipinski definition) is 1. The van der Waals surface area contributed by atoms with Crippen LogP contribution in [0.25, 0.3) is 0 Å². The van der Waals surface area contributed by atoms with Gasteiger partial charge in [-0.25, -0.2) is 0 Å². The topological polar surface area (TPSA) is 84.4 Å². The van der Waals surface area contributed by atoms with Gasteiger partial charge >= 0.3 is 0 Å². The highest BCUT2D eigenvalue weighted by molar-refractivity contribution is 7.98. The fourth-order valence-corrected chi connectivity index (χ4v) is 4.59. The van der Waals surface area contributed by atoms with Gasteiger partial charge in [0.25, 0.3) is 5.91 Å². The highest BCUT2D eigenvalue weighted by Gasteiger charge is 2.34. The van der Waals surface area contributed by atoms with Crippen LogP contribution in [0.3, 0.4) is 0 Å². The molecule has 1 saturated heterocycles. The Kier molecular flexibility index (Phi) is 6.01. The summed E-state index contributed by atoms with van der Waals surface area (Å²) in [5.41, 5.74) is 1.31. The molecule has 154 valence electrons. The molecule has 2 amide bonds. The quantitative estimate of drug-likeness (QED) is 0.583. The van der Waals surface area contributed by atoms with Gasteiger partial charge in [-0.1, -0.05) is 29.5 Å². The van der Waals surface area contributed by atoms with Crippen molar-refractivity contribution in [2.45, 2.75) is 17.2 Å². The molecule has 1 N–H and O–H groups in total. The van der Waals surface area contributed by atoms with Crippen LogP contribution in [0.2, 0.25) is 0 Å². The van der Waals surface area contributed by atoms with E-state index >= 15 is 0 Å². The van der Waals surface area contributed by atoms with Gasteiger partial charge in [-0.05, 0) is 36.6 Å². The second kappa shape index (κ2) is 8.85. The highest BCUT2D eigenvalue weighted by atomic mass is 32.2. The predicted molar refractivity (Wildman–Crippen MR) is 119 cm³/mol. The van der Waals surface area contributed by atoms with E-state index in [-0.39, 0.29) is 17.7 Å². The van der Waals surface area contributed by atoms with E-state index in [0.717, 1.165) is 15.6 Å². The molecule has 9 heteroatoms. The first kappa shape index (κ1) is 20.4. The number of benzene rings is 2. The van der Waals surface area contributed by atoms with Gasteiger partial charge in [-0.2, -0.15) is 0 Å². The Hall–Kier alpha value is -2.91. The smallest absolute Gasteiger partial charge is 0.261 e. The molecule has 1 aliphatic heterocycles. The Bertz CT molecular complexity index is 1070. The number of thioether (sulfide) groups is 1. The Morgan fingerprint density at radius 3 is 2.77 bits per heavy atom. The minimum absolute atomic E-state index is 0.0451. The van der Waals surface area contributed by atoms with Crippen molar-refractivity contribution in [3.8, 4) is 5.75 Å². The summed E-state index contributed by atoms with van der Waals surface area (Å²) in [7, 11) is 1.54. The number of amides is 2. The number of hydrogen-bond acceptors (Lipinski definition) is 7. The molecule has 0 aliphatic carbocycles. The number of aromatic nitrogens is 2. The molecule has 30 heavy (non-hydrogen) atoms. The molecule has 7 nitrogen and oxygen atoms in total. The van der Waals surface area contributed by atoms with Crippen molar-refractivity contribution < 1.29 is 14.3 Å². The minimum Gasteiger partial charge on any atom is -0.496 e. The van der Waals surface area contributed by atoms with E-state index in [1.54, 1.807) is 22.7 Å². The van der Waals surface area contributed by atoms with E-state index in [1.165, 1.54) is 18.4 Å². The normalized spacial score (nSPS) is 16.0. The molecule has 1 aromatic heterocycles. The number of nitrogens with one attached hydrogen (secondary N) is 1. The van der Waals surface area contributed by atoms with E-state index < -0.39 is 0 Å². The molecule has 1 atom stereocenters. The fourth-order valence-electron chi connectivity index (χ4n) is 3.33. The van der Waals surface area contributed by atoms with Gasteiger partial charge in [0.1, 0.15) is 10.8 Å². The maximum atomic E-state index is 12.7. The van der Waals surface area contributed by atoms with Gasteiger partial charge in [0.15, 0.2) is 0 Å². The minimum atomic E-state index is -0.310.